The van der Waals surface area contributed by atoms with E-state index in [0.29, 0.717) is 16.6 Å². The highest BCUT2D eigenvalue weighted by atomic mass is 79.9. The topological polar surface area (TPSA) is 66.5 Å². The molecular formula is C15H21BrN2O3S. The van der Waals surface area contributed by atoms with Gasteiger partial charge in [-0.05, 0) is 53.4 Å². The van der Waals surface area contributed by atoms with Crippen molar-refractivity contribution in [1.29, 1.82) is 0 Å². The Morgan fingerprint density at radius 3 is 2.68 bits per heavy atom. The largest absolute Gasteiger partial charge is 0.342 e. The minimum absolute atomic E-state index is 0.0417. The van der Waals surface area contributed by atoms with Crippen LogP contribution in [0.15, 0.2) is 27.6 Å². The molecule has 0 unspecified atom stereocenters. The Labute approximate surface area is 140 Å². The van der Waals surface area contributed by atoms with Gasteiger partial charge in [-0.2, -0.15) is 0 Å². The van der Waals surface area contributed by atoms with Gasteiger partial charge in [-0.1, -0.05) is 13.3 Å². The molecule has 1 amide bonds. The summed E-state index contributed by atoms with van der Waals surface area (Å²) < 4.78 is 27.7. The van der Waals surface area contributed by atoms with Crippen LogP contribution in [0.1, 0.15) is 43.0 Å². The maximum atomic E-state index is 12.5. The van der Waals surface area contributed by atoms with Crippen LogP contribution in [-0.4, -0.2) is 38.9 Å². The van der Waals surface area contributed by atoms with E-state index >= 15 is 0 Å². The smallest absolute Gasteiger partial charge is 0.254 e. The van der Waals surface area contributed by atoms with Crippen molar-refractivity contribution in [2.24, 2.45) is 0 Å². The first-order valence-electron chi connectivity index (χ1n) is 7.42. The van der Waals surface area contributed by atoms with Crippen LogP contribution in [0.3, 0.4) is 0 Å². The summed E-state index contributed by atoms with van der Waals surface area (Å²) in [6, 6.07) is 4.61. The summed E-state index contributed by atoms with van der Waals surface area (Å²) in [6.45, 7) is 2.71. The van der Waals surface area contributed by atoms with Gasteiger partial charge in [-0.25, -0.2) is 13.1 Å². The van der Waals surface area contributed by atoms with Gasteiger partial charge < -0.3 is 4.90 Å². The molecule has 1 aliphatic rings. The second kappa shape index (κ2) is 7.10. The minimum atomic E-state index is -3.55. The van der Waals surface area contributed by atoms with Gasteiger partial charge in [-0.3, -0.25) is 4.79 Å². The first kappa shape index (κ1) is 17.4. The van der Waals surface area contributed by atoms with Gasteiger partial charge in [0.1, 0.15) is 0 Å². The highest BCUT2D eigenvalue weighted by Crippen LogP contribution is 2.25. The summed E-state index contributed by atoms with van der Waals surface area (Å²) >= 11 is 3.33. The zero-order valence-electron chi connectivity index (χ0n) is 12.8. The van der Waals surface area contributed by atoms with Crippen LogP contribution in [0.5, 0.6) is 0 Å². The van der Waals surface area contributed by atoms with E-state index in [0.717, 1.165) is 25.7 Å². The van der Waals surface area contributed by atoms with Gasteiger partial charge in [0.15, 0.2) is 0 Å². The lowest BCUT2D eigenvalue weighted by Gasteiger charge is -2.18. The van der Waals surface area contributed by atoms with Gasteiger partial charge in [0.2, 0.25) is 10.0 Å². The number of hydrogen-bond donors (Lipinski definition) is 1. The van der Waals surface area contributed by atoms with Crippen molar-refractivity contribution in [2.75, 3.05) is 13.6 Å². The molecule has 1 aromatic carbocycles. The molecule has 0 bridgehead atoms. The fraction of sp³-hybridized carbons (Fsp3) is 0.533. The Kier molecular flexibility index (Phi) is 5.63. The highest BCUT2D eigenvalue weighted by Gasteiger charge is 2.28. The fourth-order valence-corrected chi connectivity index (χ4v) is 3.77. The number of nitrogens with zero attached hydrogens (tertiary/aromatic N) is 1. The molecule has 0 aliphatic heterocycles. The number of rotatable bonds is 7. The minimum Gasteiger partial charge on any atom is -0.342 e. The van der Waals surface area contributed by atoms with E-state index < -0.39 is 10.0 Å². The summed E-state index contributed by atoms with van der Waals surface area (Å²) in [5.41, 5.74) is 0.372. The van der Waals surface area contributed by atoms with Crippen molar-refractivity contribution < 1.29 is 13.2 Å². The van der Waals surface area contributed by atoms with Crippen LogP contribution >= 0.6 is 15.9 Å². The number of hydrogen-bond acceptors (Lipinski definition) is 3. The van der Waals surface area contributed by atoms with Gasteiger partial charge in [0.05, 0.1) is 10.5 Å². The van der Waals surface area contributed by atoms with Crippen molar-refractivity contribution in [1.82, 2.24) is 9.62 Å². The second-order valence-electron chi connectivity index (χ2n) is 5.62. The lowest BCUT2D eigenvalue weighted by molar-refractivity contribution is 0.0792. The number of carbonyl (C=O) groups excluding carboxylic acids is 1. The van der Waals surface area contributed by atoms with Crippen molar-refractivity contribution >= 4 is 31.9 Å². The number of carbonyl (C=O) groups is 1. The van der Waals surface area contributed by atoms with Crippen LogP contribution in [-0.2, 0) is 10.0 Å². The lowest BCUT2D eigenvalue weighted by atomic mass is 10.2. The van der Waals surface area contributed by atoms with E-state index in [2.05, 4.69) is 27.6 Å². The molecule has 22 heavy (non-hydrogen) atoms. The van der Waals surface area contributed by atoms with E-state index in [-0.39, 0.29) is 16.8 Å². The Morgan fingerprint density at radius 1 is 1.41 bits per heavy atom. The van der Waals surface area contributed by atoms with Gasteiger partial charge in [-0.15, -0.1) is 0 Å². The molecule has 1 aromatic rings. The summed E-state index contributed by atoms with van der Waals surface area (Å²) in [5, 5.41) is 0. The SMILES string of the molecule is CCCCN(C)C(=O)c1cc(S(=O)(=O)NC2CC2)ccc1Br. The molecule has 1 N–H and O–H groups in total. The molecule has 0 saturated heterocycles. The van der Waals surface area contributed by atoms with Crippen molar-refractivity contribution in [3.63, 3.8) is 0 Å². The standard InChI is InChI=1S/C15H21BrN2O3S/c1-3-4-9-18(2)15(19)13-10-12(7-8-14(13)16)22(20,21)17-11-5-6-11/h7-8,10-11,17H,3-6,9H2,1-2H3. The average molecular weight is 389 g/mol. The first-order valence-corrected chi connectivity index (χ1v) is 9.70. The van der Waals surface area contributed by atoms with E-state index in [1.54, 1.807) is 18.0 Å². The first-order chi connectivity index (χ1) is 10.3. The predicted octanol–water partition coefficient (Wildman–Crippen LogP) is 2.76. The number of unbranched alkanes of at least 4 members (excludes halogenated alkanes) is 1. The molecule has 2 rings (SSSR count). The number of benzene rings is 1. The molecule has 1 aliphatic carbocycles. The van der Waals surface area contributed by atoms with Gasteiger partial charge in [0.25, 0.3) is 5.91 Å². The molecule has 5 nitrogen and oxygen atoms in total. The summed E-state index contributed by atoms with van der Waals surface area (Å²) in [4.78, 5) is 14.2. The number of halogens is 1. The monoisotopic (exact) mass is 388 g/mol. The molecule has 0 radical (unpaired) electrons. The van der Waals surface area contributed by atoms with Crippen molar-refractivity contribution in [3.05, 3.63) is 28.2 Å². The predicted molar refractivity (Wildman–Crippen MR) is 89.4 cm³/mol. The normalized spacial score (nSPS) is 14.9. The average Bonchev–Trinajstić information content (AvgIpc) is 3.27. The quantitative estimate of drug-likeness (QED) is 0.780. The lowest BCUT2D eigenvalue weighted by Crippen LogP contribution is -2.29. The third kappa shape index (κ3) is 4.30. The molecule has 0 heterocycles. The Hall–Kier alpha value is -0.920. The third-order valence-corrected chi connectivity index (χ3v) is 5.78. The van der Waals surface area contributed by atoms with E-state index in [9.17, 15) is 13.2 Å². The number of amides is 1. The van der Waals surface area contributed by atoms with Crippen LogP contribution in [0, 0.1) is 0 Å². The van der Waals surface area contributed by atoms with Crippen LogP contribution in [0.4, 0.5) is 0 Å². The van der Waals surface area contributed by atoms with Crippen molar-refractivity contribution in [2.45, 2.75) is 43.5 Å². The Balaban J connectivity index is 2.24. The third-order valence-electron chi connectivity index (χ3n) is 3.57. The number of nitrogens with one attached hydrogen (secondary N) is 1. The van der Waals surface area contributed by atoms with Crippen LogP contribution in [0.25, 0.3) is 0 Å². The molecular weight excluding hydrogens is 368 g/mol. The maximum Gasteiger partial charge on any atom is 0.254 e. The van der Waals surface area contributed by atoms with E-state index in [4.69, 9.17) is 0 Å². The molecule has 0 spiro atoms. The van der Waals surface area contributed by atoms with E-state index in [1.807, 2.05) is 0 Å². The second-order valence-corrected chi connectivity index (χ2v) is 8.19. The molecule has 0 atom stereocenters. The molecule has 1 fully saturated rings. The highest BCUT2D eigenvalue weighted by molar-refractivity contribution is 9.10. The van der Waals surface area contributed by atoms with E-state index in [1.165, 1.54) is 12.1 Å². The zero-order chi connectivity index (χ0) is 16.3. The summed E-state index contributed by atoms with van der Waals surface area (Å²) in [5.74, 6) is -0.177. The van der Waals surface area contributed by atoms with Gasteiger partial charge in [0, 0.05) is 24.1 Å². The zero-order valence-corrected chi connectivity index (χ0v) is 15.2. The molecule has 7 heteroatoms. The molecule has 122 valence electrons. The summed E-state index contributed by atoms with van der Waals surface area (Å²) in [6.07, 6.45) is 3.67. The fourth-order valence-electron chi connectivity index (χ4n) is 2.03. The van der Waals surface area contributed by atoms with Crippen molar-refractivity contribution in [3.8, 4) is 0 Å². The van der Waals surface area contributed by atoms with Gasteiger partial charge >= 0.3 is 0 Å². The Bertz CT molecular complexity index is 657. The van der Waals surface area contributed by atoms with Crippen LogP contribution < -0.4 is 4.72 Å². The van der Waals surface area contributed by atoms with Crippen LogP contribution in [0.2, 0.25) is 0 Å². The number of sulfonamides is 1. The Morgan fingerprint density at radius 2 is 2.09 bits per heavy atom. The maximum absolute atomic E-state index is 12.5. The summed E-state index contributed by atoms with van der Waals surface area (Å²) in [7, 11) is -1.82. The molecule has 0 aromatic heterocycles. The molecule has 1 saturated carbocycles.